The van der Waals surface area contributed by atoms with Gasteiger partial charge in [0, 0.05) is 70.6 Å². The summed E-state index contributed by atoms with van der Waals surface area (Å²) in [6.45, 7) is 7.39. The average molecular weight is 1140 g/mol. The van der Waals surface area contributed by atoms with Gasteiger partial charge in [0.25, 0.3) is 0 Å². The number of para-hydroxylation sites is 3. The maximum atomic E-state index is 10.6. The van der Waals surface area contributed by atoms with Crippen molar-refractivity contribution >= 4 is 44.6 Å². The van der Waals surface area contributed by atoms with Crippen molar-refractivity contribution in [3.05, 3.63) is 215 Å². The Labute approximate surface area is 537 Å². The monoisotopic (exact) mass is 1140 g/mol. The molecule has 3 heterocycles. The molecule has 0 saturated heterocycles. The summed E-state index contributed by atoms with van der Waals surface area (Å²) in [5.74, 6) is 1.39. The van der Waals surface area contributed by atoms with Crippen molar-refractivity contribution in [2.75, 3.05) is 16.5 Å². The Morgan fingerprint density at radius 3 is 1.88 bits per heavy atom. The fourth-order valence-corrected chi connectivity index (χ4v) is 12.0. The highest BCUT2D eigenvalue weighted by molar-refractivity contribution is 6.09. The summed E-state index contributed by atoms with van der Waals surface area (Å²) in [6.07, 6.45) is -8.86. The molecule has 2 aromatic heterocycles. The predicted molar refractivity (Wildman–Crippen MR) is 362 cm³/mol. The second kappa shape index (κ2) is 21.0. The largest absolute Gasteiger partial charge is 0.457 e. The number of anilines is 4. The smallest absolute Gasteiger partial charge is 0.137 e. The highest BCUT2D eigenvalue weighted by Crippen LogP contribution is 2.54. The van der Waals surface area contributed by atoms with E-state index in [2.05, 4.69) is 59.7 Å². The van der Waals surface area contributed by atoms with Crippen LogP contribution in [-0.2, 0) is 34.5 Å². The second-order valence-corrected chi connectivity index (χ2v) is 27.3. The van der Waals surface area contributed by atoms with Crippen molar-refractivity contribution in [1.82, 2.24) is 9.55 Å². The van der Waals surface area contributed by atoms with Gasteiger partial charge in [-0.1, -0.05) is 207 Å². The summed E-state index contributed by atoms with van der Waals surface area (Å²) in [6, 6.07) is 46.0. The third-order valence-electron chi connectivity index (χ3n) is 15.9. The molecule has 0 saturated carbocycles. The first-order chi connectivity index (χ1) is 48.7. The molecule has 0 fully saturated rings. The number of fused-ring (bicyclic) bond motifs is 5. The highest BCUT2D eigenvalue weighted by Gasteiger charge is 2.38. The molecule has 434 valence electrons. The molecule has 0 amide bonds. The number of nitrogens with zero attached hydrogens (tertiary/aromatic N) is 4. The minimum absolute atomic E-state index is 0.0718. The zero-order chi connectivity index (χ0) is 78.2. The van der Waals surface area contributed by atoms with Crippen LogP contribution in [-0.4, -0.2) is 16.2 Å². The van der Waals surface area contributed by atoms with Gasteiger partial charge in [0.05, 0.1) is 32.2 Å². The fourth-order valence-electron chi connectivity index (χ4n) is 12.0. The van der Waals surface area contributed by atoms with E-state index in [4.69, 9.17) is 20.7 Å². The zero-order valence-electron chi connectivity index (χ0n) is 71.7. The Morgan fingerprint density at radius 2 is 1.20 bits per heavy atom. The summed E-state index contributed by atoms with van der Waals surface area (Å²) in [5, 5.41) is 1.85. The van der Waals surface area contributed by atoms with E-state index in [-0.39, 0.29) is 35.2 Å². The number of hydrogen-bond donors (Lipinski definition) is 0. The van der Waals surface area contributed by atoms with Gasteiger partial charge in [0.1, 0.15) is 24.0 Å². The van der Waals surface area contributed by atoms with Crippen LogP contribution in [0.4, 0.5) is 22.7 Å². The Kier molecular flexibility index (Phi) is 9.25. The molecule has 5 nitrogen and oxygen atoms in total. The Morgan fingerprint density at radius 1 is 0.553 bits per heavy atom. The van der Waals surface area contributed by atoms with Crippen LogP contribution < -0.4 is 14.5 Å². The average Bonchev–Trinajstić information content (AvgIpc) is 1.27. The van der Waals surface area contributed by atoms with Crippen molar-refractivity contribution in [2.45, 2.75) is 158 Å². The van der Waals surface area contributed by atoms with Crippen LogP contribution in [0.15, 0.2) is 182 Å². The number of hydrogen-bond acceptors (Lipinski definition) is 4. The lowest BCUT2D eigenvalue weighted by molar-refractivity contribution is 0.332. The summed E-state index contributed by atoms with van der Waals surface area (Å²) >= 11 is 0. The first-order valence-corrected chi connectivity index (χ1v) is 29.2. The first-order valence-electron chi connectivity index (χ1n) is 39.7. The van der Waals surface area contributed by atoms with Gasteiger partial charge in [-0.25, -0.2) is 4.98 Å². The SMILES string of the molecule is [2H]c1c([2H])c2c(c([2H])c1-c1cc(CC(C)(C)C)cc(-c3ccc(-c4ccc(C(C)(C)C)cc4C(C)(C)C)cc3)c1N1CN(c3cccc(Oc4ccc5c6ccccc6n(-c6cc(C([2H])([2H])C(C)(C)C)ccn6)c5c4)c3)c3ccccc31)C(C([2H])([2H])[2H])(C([2H])([2H])[2H])C([2H])([2H])C([2H])([2H])C2(C([2H])([2H])[2H])C([2H])([2H])[2H]. The fraction of sp³-hybridized carbons (Fsp3) is 0.338. The Balaban J connectivity index is 1.11. The van der Waals surface area contributed by atoms with Crippen LogP contribution in [0.25, 0.3) is 61.0 Å². The lowest BCUT2D eigenvalue weighted by Gasteiger charge is -2.42. The Hall–Kier alpha value is -7.89. The minimum atomic E-state index is -4.53. The normalized spacial score (nSPS) is 20.7. The van der Waals surface area contributed by atoms with Crippen molar-refractivity contribution in [3.8, 4) is 50.7 Å². The third kappa shape index (κ3) is 11.3. The summed E-state index contributed by atoms with van der Waals surface area (Å²) in [4.78, 5) is 8.67. The number of pyridine rings is 1. The molecule has 0 atom stereocenters. The van der Waals surface area contributed by atoms with Gasteiger partial charge >= 0.3 is 0 Å². The Bertz CT molecular complexity index is 5100. The summed E-state index contributed by atoms with van der Waals surface area (Å²) in [5.41, 5.74) is -4.48. The third-order valence-corrected chi connectivity index (χ3v) is 15.9. The lowest BCUT2D eigenvalue weighted by Crippen LogP contribution is -2.33. The highest BCUT2D eigenvalue weighted by atomic mass is 16.5. The molecule has 10 aromatic rings. The molecule has 2 aliphatic rings. The van der Waals surface area contributed by atoms with Gasteiger partial charge in [-0.15, -0.1) is 0 Å². The van der Waals surface area contributed by atoms with Gasteiger partial charge in [-0.3, -0.25) is 4.57 Å². The molecule has 0 radical (unpaired) electrons. The molecule has 0 bridgehead atoms. The molecule has 1 aliphatic carbocycles. The van der Waals surface area contributed by atoms with Crippen LogP contribution in [0.1, 0.15) is 185 Å². The van der Waals surface area contributed by atoms with E-state index in [1.54, 1.807) is 30.5 Å². The molecule has 8 aromatic carbocycles. The van der Waals surface area contributed by atoms with E-state index in [1.165, 1.54) is 0 Å². The van der Waals surface area contributed by atoms with E-state index in [0.29, 0.717) is 56.6 Å². The minimum Gasteiger partial charge on any atom is -0.457 e. The molecular weight excluding hydrogens is 1030 g/mol. The summed E-state index contributed by atoms with van der Waals surface area (Å²) < 4.78 is 206. The number of rotatable bonds is 10. The van der Waals surface area contributed by atoms with E-state index in [1.807, 2.05) is 171 Å². The maximum absolute atomic E-state index is 10.6. The second-order valence-electron chi connectivity index (χ2n) is 27.3. The molecule has 1 aliphatic heterocycles. The number of ether oxygens (including phenoxy) is 1. The van der Waals surface area contributed by atoms with Crippen molar-refractivity contribution in [2.24, 2.45) is 10.8 Å². The van der Waals surface area contributed by atoms with Crippen molar-refractivity contribution < 1.29 is 33.5 Å². The zero-order valence-corrected chi connectivity index (χ0v) is 50.7. The van der Waals surface area contributed by atoms with E-state index in [9.17, 15) is 17.8 Å². The van der Waals surface area contributed by atoms with Gasteiger partial charge in [-0.2, -0.15) is 0 Å². The number of aromatic nitrogens is 2. The van der Waals surface area contributed by atoms with Gasteiger partial charge in [-0.05, 0) is 180 Å². The quantitative estimate of drug-likeness (QED) is 0.137. The van der Waals surface area contributed by atoms with Crippen LogP contribution >= 0.6 is 0 Å². The van der Waals surface area contributed by atoms with E-state index in [0.717, 1.165) is 44.1 Å². The van der Waals surface area contributed by atoms with E-state index < -0.39 is 103 Å². The standard InChI is InChI=1S/C80H88N4O/c1-75(2,3)49-52-38-41-81-73(44-52)84-69-25-18-17-24-62(69)63-36-34-60(48-72(63)84)85-59-23-21-22-58(47-59)82-51-83(71-27-20-19-26-70(71)82)74-64(55-30-28-54(29-31-55)61-35-33-57(77(7,8)9)46-67(61)78(10,11)12)42-53(50-76(4,5)6)43-65(74)56-32-37-66-68(45-56)80(15,16)40-39-79(66,13)14/h17-38,41-48H,39-40,49-51H2,1-16H3/i13D3,14D3,15D3,16D3,32D,37D,39D2,40D2,45D,49D2. The maximum Gasteiger partial charge on any atom is 0.137 e. The van der Waals surface area contributed by atoms with Gasteiger partial charge < -0.3 is 14.5 Å². The van der Waals surface area contributed by atoms with Crippen LogP contribution in [0.5, 0.6) is 11.5 Å². The summed E-state index contributed by atoms with van der Waals surface area (Å²) in [7, 11) is 0. The van der Waals surface area contributed by atoms with Gasteiger partial charge in [0.15, 0.2) is 0 Å². The molecule has 85 heavy (non-hydrogen) atoms. The van der Waals surface area contributed by atoms with E-state index >= 15 is 0 Å². The molecule has 12 rings (SSSR count). The molecule has 0 N–H and O–H groups in total. The van der Waals surface area contributed by atoms with Crippen molar-refractivity contribution in [1.29, 1.82) is 0 Å². The number of benzene rings is 8. The topological polar surface area (TPSA) is 33.5 Å². The lowest BCUT2D eigenvalue weighted by atomic mass is 9.63. The van der Waals surface area contributed by atoms with Crippen LogP contribution in [0.3, 0.4) is 0 Å². The molecule has 5 heteroatoms. The predicted octanol–water partition coefficient (Wildman–Crippen LogP) is 22.3. The van der Waals surface area contributed by atoms with Crippen LogP contribution in [0.2, 0.25) is 0 Å². The molecular formula is C80H88N4O. The van der Waals surface area contributed by atoms with Gasteiger partial charge in [0.2, 0.25) is 0 Å². The molecule has 0 spiro atoms. The van der Waals surface area contributed by atoms with Crippen LogP contribution in [0, 0.1) is 10.8 Å². The van der Waals surface area contributed by atoms with Crippen molar-refractivity contribution in [3.63, 3.8) is 0 Å². The molecule has 0 unspecified atom stereocenters. The first kappa shape index (κ1) is 37.5.